The first-order valence-corrected chi connectivity index (χ1v) is 7.33. The number of rotatable bonds is 4. The van der Waals surface area contributed by atoms with Crippen LogP contribution in [0, 0.1) is 5.92 Å². The molecule has 116 valence electrons. The molecule has 0 aliphatic heterocycles. The van der Waals surface area contributed by atoms with Gasteiger partial charge in [-0.1, -0.05) is 32.0 Å². The second kappa shape index (κ2) is 5.68. The Labute approximate surface area is 133 Å². The summed E-state index contributed by atoms with van der Waals surface area (Å²) in [6, 6.07) is 12.3. The van der Waals surface area contributed by atoms with Gasteiger partial charge in [0.1, 0.15) is 0 Å². The van der Waals surface area contributed by atoms with Gasteiger partial charge in [-0.2, -0.15) is 0 Å². The lowest BCUT2D eigenvalue weighted by atomic mass is 10.0. The third-order valence-corrected chi connectivity index (χ3v) is 3.70. The van der Waals surface area contributed by atoms with E-state index in [4.69, 9.17) is 5.11 Å². The van der Waals surface area contributed by atoms with E-state index in [2.05, 4.69) is 9.97 Å². The van der Waals surface area contributed by atoms with Crippen LogP contribution >= 0.6 is 0 Å². The van der Waals surface area contributed by atoms with Gasteiger partial charge < -0.3 is 10.1 Å². The Morgan fingerprint density at radius 2 is 1.70 bits per heavy atom. The van der Waals surface area contributed by atoms with Crippen LogP contribution in [0.2, 0.25) is 0 Å². The zero-order valence-electron chi connectivity index (χ0n) is 12.8. The van der Waals surface area contributed by atoms with Crippen LogP contribution in [0.15, 0.2) is 42.5 Å². The molecule has 0 radical (unpaired) electrons. The van der Waals surface area contributed by atoms with Crippen LogP contribution in [-0.2, 0) is 0 Å². The van der Waals surface area contributed by atoms with Crippen molar-refractivity contribution < 1.29 is 14.7 Å². The normalized spacial score (nSPS) is 11.1. The molecule has 0 unspecified atom stereocenters. The number of aromatic carboxylic acids is 1. The lowest BCUT2D eigenvalue weighted by Gasteiger charge is -2.02. The quantitative estimate of drug-likeness (QED) is 0.719. The summed E-state index contributed by atoms with van der Waals surface area (Å²) in [6.07, 6.45) is 0. The summed E-state index contributed by atoms with van der Waals surface area (Å²) in [5.74, 6) is -0.710. The zero-order valence-corrected chi connectivity index (χ0v) is 12.8. The predicted molar refractivity (Wildman–Crippen MR) is 87.7 cm³/mol. The number of carbonyl (C=O) groups excluding carboxylic acids is 1. The fourth-order valence-electron chi connectivity index (χ4n) is 2.38. The summed E-state index contributed by atoms with van der Waals surface area (Å²) >= 11 is 0. The topological polar surface area (TPSA) is 83.1 Å². The molecule has 0 atom stereocenters. The largest absolute Gasteiger partial charge is 0.478 e. The maximum Gasteiger partial charge on any atom is 0.335 e. The molecule has 23 heavy (non-hydrogen) atoms. The lowest BCUT2D eigenvalue weighted by molar-refractivity contribution is 0.0696. The van der Waals surface area contributed by atoms with Gasteiger partial charge in [0, 0.05) is 5.92 Å². The number of carboxylic acid groups (broad SMARTS) is 1. The number of hydrogen-bond acceptors (Lipinski definition) is 3. The van der Waals surface area contributed by atoms with E-state index in [0.29, 0.717) is 5.82 Å². The van der Waals surface area contributed by atoms with Crippen molar-refractivity contribution in [2.24, 2.45) is 5.92 Å². The SMILES string of the molecule is CC(C)C(=O)c1nc2ccc(-c3ccc(C(=O)O)cc3)cc2[nH]1. The molecule has 3 aromatic rings. The zero-order chi connectivity index (χ0) is 16.6. The average Bonchev–Trinajstić information content (AvgIpc) is 2.97. The maximum atomic E-state index is 12.0. The Balaban J connectivity index is 1.99. The number of nitrogens with one attached hydrogen (secondary N) is 1. The standard InChI is InChI=1S/C18H16N2O3/c1-10(2)16(21)17-19-14-8-7-13(9-15(14)20-17)11-3-5-12(6-4-11)18(22)23/h3-10H,1-2H3,(H,19,20)(H,22,23). The van der Waals surface area contributed by atoms with Crippen LogP contribution in [-0.4, -0.2) is 26.8 Å². The number of imidazole rings is 1. The molecular weight excluding hydrogens is 292 g/mol. The summed E-state index contributed by atoms with van der Waals surface area (Å²) in [6.45, 7) is 3.68. The molecule has 5 heteroatoms. The van der Waals surface area contributed by atoms with Gasteiger partial charge in [-0.15, -0.1) is 0 Å². The molecule has 0 saturated carbocycles. The van der Waals surface area contributed by atoms with Gasteiger partial charge in [0.2, 0.25) is 5.78 Å². The first-order chi connectivity index (χ1) is 11.0. The van der Waals surface area contributed by atoms with Crippen molar-refractivity contribution in [1.29, 1.82) is 0 Å². The number of carboxylic acids is 1. The van der Waals surface area contributed by atoms with Crippen LogP contribution in [0.3, 0.4) is 0 Å². The number of nitrogens with zero attached hydrogens (tertiary/aromatic N) is 1. The Morgan fingerprint density at radius 1 is 1.04 bits per heavy atom. The van der Waals surface area contributed by atoms with E-state index in [0.717, 1.165) is 22.2 Å². The van der Waals surface area contributed by atoms with Crippen LogP contribution < -0.4 is 0 Å². The summed E-state index contributed by atoms with van der Waals surface area (Å²) in [5, 5.41) is 8.94. The number of Topliss-reactive ketones (excluding diaryl/α,β-unsaturated/α-hetero) is 1. The number of H-pyrrole nitrogens is 1. The summed E-state index contributed by atoms with van der Waals surface area (Å²) in [4.78, 5) is 30.3. The van der Waals surface area contributed by atoms with Crippen molar-refractivity contribution in [3.63, 3.8) is 0 Å². The van der Waals surface area contributed by atoms with Crippen LogP contribution in [0.1, 0.15) is 34.8 Å². The molecule has 2 aromatic carbocycles. The number of fused-ring (bicyclic) bond motifs is 1. The van der Waals surface area contributed by atoms with E-state index in [9.17, 15) is 9.59 Å². The highest BCUT2D eigenvalue weighted by molar-refractivity contribution is 5.97. The molecule has 5 nitrogen and oxygen atoms in total. The molecule has 2 N–H and O–H groups in total. The van der Waals surface area contributed by atoms with E-state index < -0.39 is 5.97 Å². The summed E-state index contributed by atoms with van der Waals surface area (Å²) in [5.41, 5.74) is 3.61. The molecule has 0 fully saturated rings. The molecular formula is C18H16N2O3. The number of hydrogen-bond donors (Lipinski definition) is 2. The van der Waals surface area contributed by atoms with Gasteiger partial charge in [-0.3, -0.25) is 4.79 Å². The highest BCUT2D eigenvalue weighted by atomic mass is 16.4. The highest BCUT2D eigenvalue weighted by Crippen LogP contribution is 2.24. The smallest absolute Gasteiger partial charge is 0.335 e. The van der Waals surface area contributed by atoms with E-state index in [1.54, 1.807) is 24.3 Å². The average molecular weight is 308 g/mol. The van der Waals surface area contributed by atoms with Gasteiger partial charge in [-0.05, 0) is 35.4 Å². The third kappa shape index (κ3) is 2.85. The first-order valence-electron chi connectivity index (χ1n) is 7.33. The fourth-order valence-corrected chi connectivity index (χ4v) is 2.38. The number of ketones is 1. The number of carbonyl (C=O) groups is 2. The maximum absolute atomic E-state index is 12.0. The summed E-state index contributed by atoms with van der Waals surface area (Å²) in [7, 11) is 0. The minimum Gasteiger partial charge on any atom is -0.478 e. The Kier molecular flexibility index (Phi) is 3.70. The molecule has 0 amide bonds. The van der Waals surface area contributed by atoms with Gasteiger partial charge in [0.25, 0.3) is 0 Å². The molecule has 0 saturated heterocycles. The minimum atomic E-state index is -0.947. The molecule has 0 aliphatic rings. The van der Waals surface area contributed by atoms with E-state index >= 15 is 0 Å². The highest BCUT2D eigenvalue weighted by Gasteiger charge is 2.15. The van der Waals surface area contributed by atoms with Gasteiger partial charge >= 0.3 is 5.97 Å². The Hall–Kier alpha value is -2.95. The van der Waals surface area contributed by atoms with Crippen molar-refractivity contribution in [3.8, 4) is 11.1 Å². The van der Waals surface area contributed by atoms with Gasteiger partial charge in [0.15, 0.2) is 5.82 Å². The molecule has 1 aromatic heterocycles. The van der Waals surface area contributed by atoms with E-state index in [-0.39, 0.29) is 17.3 Å². The van der Waals surface area contributed by atoms with Crippen molar-refractivity contribution in [1.82, 2.24) is 9.97 Å². The Morgan fingerprint density at radius 3 is 2.30 bits per heavy atom. The van der Waals surface area contributed by atoms with Crippen molar-refractivity contribution >= 4 is 22.8 Å². The van der Waals surface area contributed by atoms with Crippen LogP contribution in [0.25, 0.3) is 22.2 Å². The molecule has 0 aliphatic carbocycles. The number of aromatic amines is 1. The van der Waals surface area contributed by atoms with Gasteiger partial charge in [0.05, 0.1) is 16.6 Å². The molecule has 1 heterocycles. The van der Waals surface area contributed by atoms with Crippen molar-refractivity contribution in [2.75, 3.05) is 0 Å². The monoisotopic (exact) mass is 308 g/mol. The first kappa shape index (κ1) is 15.0. The molecule has 0 bridgehead atoms. The molecule has 0 spiro atoms. The van der Waals surface area contributed by atoms with Crippen molar-refractivity contribution in [2.45, 2.75) is 13.8 Å². The Bertz CT molecular complexity index is 892. The number of aromatic nitrogens is 2. The second-order valence-corrected chi connectivity index (χ2v) is 5.72. The lowest BCUT2D eigenvalue weighted by Crippen LogP contribution is -2.09. The van der Waals surface area contributed by atoms with E-state index in [1.165, 1.54) is 0 Å². The van der Waals surface area contributed by atoms with Crippen molar-refractivity contribution in [3.05, 3.63) is 53.9 Å². The predicted octanol–water partition coefficient (Wildman–Crippen LogP) is 3.77. The number of benzene rings is 2. The summed E-state index contributed by atoms with van der Waals surface area (Å²) < 4.78 is 0. The minimum absolute atomic E-state index is 0.0199. The van der Waals surface area contributed by atoms with Crippen LogP contribution in [0.4, 0.5) is 0 Å². The second-order valence-electron chi connectivity index (χ2n) is 5.72. The molecule has 3 rings (SSSR count). The third-order valence-electron chi connectivity index (χ3n) is 3.70. The fraction of sp³-hybridized carbons (Fsp3) is 0.167. The van der Waals surface area contributed by atoms with Crippen LogP contribution in [0.5, 0.6) is 0 Å². The van der Waals surface area contributed by atoms with Gasteiger partial charge in [-0.25, -0.2) is 9.78 Å². The van der Waals surface area contributed by atoms with E-state index in [1.807, 2.05) is 32.0 Å².